The Bertz CT molecular complexity index is 1030. The van der Waals surface area contributed by atoms with Crippen molar-refractivity contribution in [3.8, 4) is 11.5 Å². The monoisotopic (exact) mass is 417 g/mol. The van der Waals surface area contributed by atoms with E-state index in [2.05, 4.69) is 4.72 Å². The van der Waals surface area contributed by atoms with Crippen LogP contribution in [0.4, 0.5) is 0 Å². The molecule has 1 atom stereocenters. The molecular weight excluding hydrogens is 394 g/mol. The molecule has 2 N–H and O–H groups in total. The molecule has 1 unspecified atom stereocenters. The predicted octanol–water partition coefficient (Wildman–Crippen LogP) is 2.83. The molecule has 2 aromatic carbocycles. The van der Waals surface area contributed by atoms with Crippen LogP contribution < -0.4 is 14.2 Å². The third-order valence-corrected chi connectivity index (χ3v) is 6.74. The largest absolute Gasteiger partial charge is 0.486 e. The van der Waals surface area contributed by atoms with Crippen LogP contribution in [0.25, 0.3) is 0 Å². The van der Waals surface area contributed by atoms with Crippen molar-refractivity contribution in [1.82, 2.24) is 4.72 Å². The molecule has 7 nitrogen and oxygen atoms in total. The number of fused-ring (bicyclic) bond motifs is 2. The normalized spacial score (nSPS) is 16.7. The van der Waals surface area contributed by atoms with Gasteiger partial charge in [-0.2, -0.15) is 0 Å². The molecule has 2 aromatic rings. The highest BCUT2D eigenvalue weighted by molar-refractivity contribution is 7.89. The molecule has 0 radical (unpaired) electrons. The summed E-state index contributed by atoms with van der Waals surface area (Å²) >= 11 is 0. The Labute approximate surface area is 169 Å². The van der Waals surface area contributed by atoms with Crippen molar-refractivity contribution >= 4 is 16.0 Å². The number of benzene rings is 2. The molecule has 1 aliphatic heterocycles. The Balaban J connectivity index is 1.63. The molecule has 0 aromatic heterocycles. The van der Waals surface area contributed by atoms with E-state index in [0.717, 1.165) is 31.2 Å². The maximum atomic E-state index is 13.0. The highest BCUT2D eigenvalue weighted by atomic mass is 32.2. The second kappa shape index (κ2) is 8.04. The number of hydrogen-bond acceptors (Lipinski definition) is 5. The Morgan fingerprint density at radius 1 is 1.00 bits per heavy atom. The van der Waals surface area contributed by atoms with E-state index in [1.165, 1.54) is 5.56 Å². The third-order valence-electron chi connectivity index (χ3n) is 5.28. The lowest BCUT2D eigenvalue weighted by Gasteiger charge is -2.23. The van der Waals surface area contributed by atoms with E-state index < -0.39 is 22.0 Å². The number of aliphatic carboxylic acids is 1. The van der Waals surface area contributed by atoms with Gasteiger partial charge < -0.3 is 14.6 Å². The van der Waals surface area contributed by atoms with Gasteiger partial charge in [0.25, 0.3) is 0 Å². The number of ether oxygens (including phenoxy) is 2. The van der Waals surface area contributed by atoms with E-state index in [1.54, 1.807) is 30.3 Å². The molecule has 2 aliphatic rings. The molecule has 0 bridgehead atoms. The number of rotatable bonds is 6. The minimum Gasteiger partial charge on any atom is -0.486 e. The van der Waals surface area contributed by atoms with E-state index >= 15 is 0 Å². The first-order chi connectivity index (χ1) is 13.9. The molecule has 8 heteroatoms. The third kappa shape index (κ3) is 4.38. The van der Waals surface area contributed by atoms with Crippen molar-refractivity contribution in [3.63, 3.8) is 0 Å². The topological polar surface area (TPSA) is 102 Å². The van der Waals surface area contributed by atoms with E-state index in [0.29, 0.717) is 30.3 Å². The van der Waals surface area contributed by atoms with E-state index in [4.69, 9.17) is 9.47 Å². The number of sulfonamides is 1. The average Bonchev–Trinajstić information content (AvgIpc) is 2.72. The first-order valence-electron chi connectivity index (χ1n) is 9.68. The van der Waals surface area contributed by atoms with Crippen molar-refractivity contribution in [2.24, 2.45) is 0 Å². The number of carboxylic acids is 1. The van der Waals surface area contributed by atoms with Gasteiger partial charge in [-0.25, -0.2) is 13.1 Å². The molecule has 0 fully saturated rings. The zero-order valence-electron chi connectivity index (χ0n) is 15.9. The van der Waals surface area contributed by atoms with Gasteiger partial charge in [-0.1, -0.05) is 12.1 Å². The summed E-state index contributed by atoms with van der Waals surface area (Å²) in [6.45, 7) is 0.830. The van der Waals surface area contributed by atoms with Crippen LogP contribution in [0.15, 0.2) is 41.3 Å². The summed E-state index contributed by atoms with van der Waals surface area (Å²) in [6.07, 6.45) is 3.59. The van der Waals surface area contributed by atoms with Gasteiger partial charge in [0.15, 0.2) is 11.5 Å². The van der Waals surface area contributed by atoms with Gasteiger partial charge in [0.1, 0.15) is 13.2 Å². The SMILES string of the molecule is O=C(O)CC(NS(=O)(=O)c1ccc2c(c1)CCCC2)c1ccc2c(c1)OCCO2. The second-order valence-electron chi connectivity index (χ2n) is 7.31. The molecule has 4 rings (SSSR count). The van der Waals surface area contributed by atoms with Crippen LogP contribution in [0.1, 0.15) is 42.0 Å². The first-order valence-corrected chi connectivity index (χ1v) is 11.2. The summed E-state index contributed by atoms with van der Waals surface area (Å²) in [6, 6.07) is 9.20. The highest BCUT2D eigenvalue weighted by Crippen LogP contribution is 2.34. The lowest BCUT2D eigenvalue weighted by molar-refractivity contribution is -0.137. The lowest BCUT2D eigenvalue weighted by Crippen LogP contribution is -2.30. The van der Waals surface area contributed by atoms with Gasteiger partial charge in [-0.15, -0.1) is 0 Å². The van der Waals surface area contributed by atoms with Crippen LogP contribution in [-0.2, 0) is 27.7 Å². The van der Waals surface area contributed by atoms with Gasteiger partial charge in [-0.3, -0.25) is 4.79 Å². The number of hydrogen-bond donors (Lipinski definition) is 2. The molecule has 154 valence electrons. The van der Waals surface area contributed by atoms with E-state index in [9.17, 15) is 18.3 Å². The summed E-state index contributed by atoms with van der Waals surface area (Å²) in [4.78, 5) is 11.6. The maximum absolute atomic E-state index is 13.0. The Morgan fingerprint density at radius 2 is 1.72 bits per heavy atom. The molecule has 0 spiro atoms. The second-order valence-corrected chi connectivity index (χ2v) is 9.03. The van der Waals surface area contributed by atoms with Crippen molar-refractivity contribution in [1.29, 1.82) is 0 Å². The number of nitrogens with one attached hydrogen (secondary N) is 1. The minimum atomic E-state index is -3.89. The van der Waals surface area contributed by atoms with Crippen LogP contribution in [0, 0.1) is 0 Å². The Kier molecular flexibility index (Phi) is 5.47. The number of carbonyl (C=O) groups is 1. The quantitative estimate of drug-likeness (QED) is 0.749. The molecule has 0 saturated carbocycles. The van der Waals surface area contributed by atoms with Crippen LogP contribution in [0.2, 0.25) is 0 Å². The van der Waals surface area contributed by atoms with E-state index in [1.807, 2.05) is 6.07 Å². The minimum absolute atomic E-state index is 0.158. The summed E-state index contributed by atoms with van der Waals surface area (Å²) in [7, 11) is -3.89. The lowest BCUT2D eigenvalue weighted by atomic mass is 9.92. The molecule has 29 heavy (non-hydrogen) atoms. The van der Waals surface area contributed by atoms with Crippen molar-refractivity contribution in [3.05, 3.63) is 53.1 Å². The summed E-state index contributed by atoms with van der Waals surface area (Å²) in [5.74, 6) is -0.0539. The van der Waals surface area contributed by atoms with Gasteiger partial charge in [0, 0.05) is 0 Å². The summed E-state index contributed by atoms with van der Waals surface area (Å²) < 4.78 is 39.6. The van der Waals surface area contributed by atoms with E-state index in [-0.39, 0.29) is 11.3 Å². The molecule has 0 saturated heterocycles. The van der Waals surface area contributed by atoms with Gasteiger partial charge >= 0.3 is 5.97 Å². The summed E-state index contributed by atoms with van der Waals surface area (Å²) in [5, 5.41) is 9.32. The standard InChI is InChI=1S/C21H23NO6S/c23-21(24)13-18(16-6-8-19-20(12-16)28-10-9-27-19)22-29(25,26)17-7-5-14-3-1-2-4-15(14)11-17/h5-8,11-12,18,22H,1-4,9-10,13H2,(H,23,24). The zero-order chi connectivity index (χ0) is 20.4. The van der Waals surface area contributed by atoms with Crippen LogP contribution in [0.5, 0.6) is 11.5 Å². The van der Waals surface area contributed by atoms with Gasteiger partial charge in [0.05, 0.1) is 17.4 Å². The zero-order valence-corrected chi connectivity index (χ0v) is 16.7. The number of carboxylic acid groups (broad SMARTS) is 1. The van der Waals surface area contributed by atoms with Crippen LogP contribution in [0.3, 0.4) is 0 Å². The molecule has 1 heterocycles. The first kappa shape index (κ1) is 19.7. The van der Waals surface area contributed by atoms with Crippen LogP contribution in [-0.4, -0.2) is 32.7 Å². The summed E-state index contributed by atoms with van der Waals surface area (Å²) in [5.41, 5.74) is 2.75. The Morgan fingerprint density at radius 3 is 2.48 bits per heavy atom. The highest BCUT2D eigenvalue weighted by Gasteiger charge is 2.26. The van der Waals surface area contributed by atoms with Crippen molar-refractivity contribution in [2.45, 2.75) is 43.0 Å². The fourth-order valence-corrected chi connectivity index (χ4v) is 5.09. The smallest absolute Gasteiger partial charge is 0.305 e. The maximum Gasteiger partial charge on any atom is 0.305 e. The van der Waals surface area contributed by atoms with Gasteiger partial charge in [0.2, 0.25) is 10.0 Å². The average molecular weight is 417 g/mol. The van der Waals surface area contributed by atoms with Crippen molar-refractivity contribution in [2.75, 3.05) is 13.2 Å². The molecule has 0 amide bonds. The number of aryl methyl sites for hydroxylation is 2. The Hall–Kier alpha value is -2.58. The molecular formula is C21H23NO6S. The fraction of sp³-hybridized carbons (Fsp3) is 0.381. The van der Waals surface area contributed by atoms with Crippen LogP contribution >= 0.6 is 0 Å². The fourth-order valence-electron chi connectivity index (χ4n) is 3.81. The van der Waals surface area contributed by atoms with Crippen molar-refractivity contribution < 1.29 is 27.8 Å². The molecule has 1 aliphatic carbocycles. The van der Waals surface area contributed by atoms with Gasteiger partial charge in [-0.05, 0) is 66.6 Å². The predicted molar refractivity (Wildman–Crippen MR) is 106 cm³/mol.